The summed E-state index contributed by atoms with van der Waals surface area (Å²) >= 11 is 0. The zero-order chi connectivity index (χ0) is 14.4. The summed E-state index contributed by atoms with van der Waals surface area (Å²) in [6, 6.07) is 7.08. The normalized spacial score (nSPS) is 23.1. The number of nitrogens with one attached hydrogen (secondary N) is 1. The SMILES string of the molecule is NC1CCCCCC1C(=O)NCCc1ccc(O)cc1. The van der Waals surface area contributed by atoms with Gasteiger partial charge in [-0.3, -0.25) is 4.79 Å². The third-order valence-corrected chi connectivity index (χ3v) is 4.06. The van der Waals surface area contributed by atoms with Crippen molar-refractivity contribution in [3.63, 3.8) is 0 Å². The minimum atomic E-state index is -0.0303. The zero-order valence-electron chi connectivity index (χ0n) is 11.8. The van der Waals surface area contributed by atoms with Crippen molar-refractivity contribution < 1.29 is 9.90 Å². The molecule has 2 rings (SSSR count). The van der Waals surface area contributed by atoms with Gasteiger partial charge in [-0.15, -0.1) is 0 Å². The first-order chi connectivity index (χ1) is 9.66. The van der Waals surface area contributed by atoms with Crippen LogP contribution in [0.15, 0.2) is 24.3 Å². The summed E-state index contributed by atoms with van der Waals surface area (Å²) in [7, 11) is 0. The molecule has 1 aliphatic rings. The van der Waals surface area contributed by atoms with Crippen molar-refractivity contribution in [3.8, 4) is 5.75 Å². The van der Waals surface area contributed by atoms with Crippen LogP contribution in [0.4, 0.5) is 0 Å². The minimum absolute atomic E-state index is 0.00572. The second-order valence-corrected chi connectivity index (χ2v) is 5.62. The lowest BCUT2D eigenvalue weighted by Gasteiger charge is -2.20. The number of hydrogen-bond acceptors (Lipinski definition) is 3. The van der Waals surface area contributed by atoms with Crippen LogP contribution in [0.3, 0.4) is 0 Å². The van der Waals surface area contributed by atoms with Crippen molar-refractivity contribution in [2.24, 2.45) is 11.7 Å². The number of rotatable bonds is 4. The van der Waals surface area contributed by atoms with Gasteiger partial charge in [-0.25, -0.2) is 0 Å². The van der Waals surface area contributed by atoms with Gasteiger partial charge in [-0.05, 0) is 37.0 Å². The molecule has 0 aromatic heterocycles. The van der Waals surface area contributed by atoms with Crippen LogP contribution < -0.4 is 11.1 Å². The number of nitrogens with two attached hydrogens (primary N) is 1. The van der Waals surface area contributed by atoms with Gasteiger partial charge in [-0.1, -0.05) is 31.4 Å². The van der Waals surface area contributed by atoms with E-state index in [0.717, 1.165) is 37.7 Å². The van der Waals surface area contributed by atoms with E-state index in [1.165, 1.54) is 6.42 Å². The summed E-state index contributed by atoms with van der Waals surface area (Å²) in [5.41, 5.74) is 7.20. The maximum atomic E-state index is 12.2. The molecule has 110 valence electrons. The quantitative estimate of drug-likeness (QED) is 0.736. The van der Waals surface area contributed by atoms with Gasteiger partial charge in [0.05, 0.1) is 5.92 Å². The molecule has 0 spiro atoms. The van der Waals surface area contributed by atoms with E-state index in [9.17, 15) is 9.90 Å². The Morgan fingerprint density at radius 2 is 1.90 bits per heavy atom. The predicted octanol–water partition coefficient (Wildman–Crippen LogP) is 1.96. The molecule has 1 fully saturated rings. The average Bonchev–Trinajstić information content (AvgIpc) is 2.65. The minimum Gasteiger partial charge on any atom is -0.508 e. The second-order valence-electron chi connectivity index (χ2n) is 5.62. The maximum Gasteiger partial charge on any atom is 0.224 e. The molecule has 0 heterocycles. The Morgan fingerprint density at radius 1 is 1.20 bits per heavy atom. The van der Waals surface area contributed by atoms with Gasteiger partial charge in [0, 0.05) is 12.6 Å². The van der Waals surface area contributed by atoms with Crippen molar-refractivity contribution in [2.75, 3.05) is 6.54 Å². The van der Waals surface area contributed by atoms with Crippen LogP contribution in [0.1, 0.15) is 37.7 Å². The molecule has 4 nitrogen and oxygen atoms in total. The zero-order valence-corrected chi connectivity index (χ0v) is 11.8. The fourth-order valence-corrected chi connectivity index (χ4v) is 2.79. The fourth-order valence-electron chi connectivity index (χ4n) is 2.79. The fraction of sp³-hybridized carbons (Fsp3) is 0.562. The van der Waals surface area contributed by atoms with Crippen LogP contribution in [0, 0.1) is 5.92 Å². The van der Waals surface area contributed by atoms with E-state index < -0.39 is 0 Å². The van der Waals surface area contributed by atoms with Gasteiger partial charge in [-0.2, -0.15) is 0 Å². The van der Waals surface area contributed by atoms with Gasteiger partial charge in [0.25, 0.3) is 0 Å². The lowest BCUT2D eigenvalue weighted by Crippen LogP contribution is -2.41. The number of carbonyl (C=O) groups excluding carboxylic acids is 1. The monoisotopic (exact) mass is 276 g/mol. The first-order valence-electron chi connectivity index (χ1n) is 7.48. The van der Waals surface area contributed by atoms with Crippen molar-refractivity contribution in [3.05, 3.63) is 29.8 Å². The van der Waals surface area contributed by atoms with Crippen LogP contribution in [0.5, 0.6) is 5.75 Å². The summed E-state index contributed by atoms with van der Waals surface area (Å²) in [4.78, 5) is 12.2. The van der Waals surface area contributed by atoms with Crippen molar-refractivity contribution in [2.45, 2.75) is 44.6 Å². The largest absolute Gasteiger partial charge is 0.508 e. The van der Waals surface area contributed by atoms with Gasteiger partial charge in [0.2, 0.25) is 5.91 Å². The van der Waals surface area contributed by atoms with Crippen molar-refractivity contribution in [1.82, 2.24) is 5.32 Å². The summed E-state index contributed by atoms with van der Waals surface area (Å²) < 4.78 is 0. The highest BCUT2D eigenvalue weighted by atomic mass is 16.3. The van der Waals surface area contributed by atoms with Crippen molar-refractivity contribution >= 4 is 5.91 Å². The molecule has 0 saturated heterocycles. The van der Waals surface area contributed by atoms with Crippen LogP contribution in [0.25, 0.3) is 0 Å². The van der Waals surface area contributed by atoms with Crippen LogP contribution in [0.2, 0.25) is 0 Å². The molecule has 0 radical (unpaired) electrons. The molecule has 1 aromatic carbocycles. The smallest absolute Gasteiger partial charge is 0.224 e. The van der Waals surface area contributed by atoms with E-state index in [-0.39, 0.29) is 23.6 Å². The summed E-state index contributed by atoms with van der Waals surface area (Å²) in [6.07, 6.45) is 6.06. The van der Waals surface area contributed by atoms with Gasteiger partial charge in [0.15, 0.2) is 0 Å². The number of hydrogen-bond donors (Lipinski definition) is 3. The summed E-state index contributed by atoms with van der Waals surface area (Å²) in [5.74, 6) is 0.331. The molecule has 1 aromatic rings. The first-order valence-corrected chi connectivity index (χ1v) is 7.48. The van der Waals surface area contributed by atoms with Crippen LogP contribution in [-0.2, 0) is 11.2 Å². The van der Waals surface area contributed by atoms with E-state index in [2.05, 4.69) is 5.32 Å². The Balaban J connectivity index is 1.78. The van der Waals surface area contributed by atoms with E-state index >= 15 is 0 Å². The molecule has 1 amide bonds. The third kappa shape index (κ3) is 4.23. The highest BCUT2D eigenvalue weighted by Crippen LogP contribution is 2.22. The van der Waals surface area contributed by atoms with Crippen molar-refractivity contribution in [1.29, 1.82) is 0 Å². The Morgan fingerprint density at radius 3 is 2.65 bits per heavy atom. The molecule has 0 aliphatic heterocycles. The number of benzene rings is 1. The summed E-state index contributed by atoms with van der Waals surface area (Å²) in [6.45, 7) is 0.618. The molecule has 1 saturated carbocycles. The van der Waals surface area contributed by atoms with E-state index in [1.54, 1.807) is 12.1 Å². The average molecular weight is 276 g/mol. The number of phenols is 1. The Bertz CT molecular complexity index is 431. The Hall–Kier alpha value is -1.55. The number of carbonyl (C=O) groups is 1. The maximum absolute atomic E-state index is 12.2. The molecule has 1 aliphatic carbocycles. The van der Waals surface area contributed by atoms with Gasteiger partial charge in [0.1, 0.15) is 5.75 Å². The lowest BCUT2D eigenvalue weighted by atomic mass is 9.94. The molecule has 20 heavy (non-hydrogen) atoms. The molecule has 2 atom stereocenters. The third-order valence-electron chi connectivity index (χ3n) is 4.06. The van der Waals surface area contributed by atoms with E-state index in [0.29, 0.717) is 6.54 Å². The molecule has 4 N–H and O–H groups in total. The van der Waals surface area contributed by atoms with E-state index in [4.69, 9.17) is 5.73 Å². The van der Waals surface area contributed by atoms with Gasteiger partial charge < -0.3 is 16.2 Å². The second kappa shape index (κ2) is 7.29. The molecule has 2 unspecified atom stereocenters. The standard InChI is InChI=1S/C16H24N2O2/c17-15-5-3-1-2-4-14(15)16(20)18-11-10-12-6-8-13(19)9-7-12/h6-9,14-15,19H,1-5,10-11,17H2,(H,18,20). The Kier molecular flexibility index (Phi) is 5.41. The van der Waals surface area contributed by atoms with Gasteiger partial charge >= 0.3 is 0 Å². The van der Waals surface area contributed by atoms with E-state index in [1.807, 2.05) is 12.1 Å². The highest BCUT2D eigenvalue weighted by Gasteiger charge is 2.26. The topological polar surface area (TPSA) is 75.4 Å². The molecular formula is C16H24N2O2. The predicted molar refractivity (Wildman–Crippen MR) is 79.4 cm³/mol. The number of amides is 1. The lowest BCUT2D eigenvalue weighted by molar-refractivity contribution is -0.125. The first kappa shape index (κ1) is 14.9. The number of aromatic hydroxyl groups is 1. The van der Waals surface area contributed by atoms with Crippen LogP contribution in [-0.4, -0.2) is 23.6 Å². The number of phenolic OH excluding ortho intramolecular Hbond substituents is 1. The molecule has 0 bridgehead atoms. The molecule has 4 heteroatoms. The highest BCUT2D eigenvalue weighted by molar-refractivity contribution is 5.79. The Labute approximate surface area is 120 Å². The van der Waals surface area contributed by atoms with Crippen LogP contribution >= 0.6 is 0 Å². The summed E-state index contributed by atoms with van der Waals surface area (Å²) in [5, 5.41) is 12.2. The molecular weight excluding hydrogens is 252 g/mol.